The molecule has 1 nitrogen and oxygen atoms in total. The summed E-state index contributed by atoms with van der Waals surface area (Å²) in [4.78, 5) is 11.0. The first-order chi connectivity index (χ1) is 5.24. The molecule has 0 aromatic rings. The lowest BCUT2D eigenvalue weighted by atomic mass is 9.93. The second kappa shape index (κ2) is 3.70. The van der Waals surface area contributed by atoms with Gasteiger partial charge in [-0.05, 0) is 24.3 Å². The van der Waals surface area contributed by atoms with Crippen LogP contribution in [0.3, 0.4) is 0 Å². The van der Waals surface area contributed by atoms with Crippen LogP contribution in [0.1, 0.15) is 32.6 Å². The van der Waals surface area contributed by atoms with E-state index in [0.717, 1.165) is 12.3 Å². The molecule has 2 unspecified atom stereocenters. The molecular formula is C10H16O. The number of carbonyl (C=O) groups is 1. The van der Waals surface area contributed by atoms with Gasteiger partial charge in [-0.2, -0.15) is 0 Å². The Morgan fingerprint density at radius 2 is 2.36 bits per heavy atom. The minimum atomic E-state index is 0.212. The van der Waals surface area contributed by atoms with Crippen molar-refractivity contribution in [2.24, 2.45) is 11.8 Å². The van der Waals surface area contributed by atoms with Crippen LogP contribution in [-0.2, 0) is 4.79 Å². The highest BCUT2D eigenvalue weighted by Crippen LogP contribution is 2.33. The Bertz CT molecular complexity index is 160. The summed E-state index contributed by atoms with van der Waals surface area (Å²) in [7, 11) is 0. The van der Waals surface area contributed by atoms with E-state index in [1.165, 1.54) is 25.3 Å². The first kappa shape index (κ1) is 8.51. The van der Waals surface area contributed by atoms with Gasteiger partial charge in [0.15, 0.2) is 5.78 Å². The van der Waals surface area contributed by atoms with Crippen LogP contribution in [0, 0.1) is 11.8 Å². The number of carbonyl (C=O) groups excluding carboxylic acids is 1. The molecule has 1 fully saturated rings. The summed E-state index contributed by atoms with van der Waals surface area (Å²) in [6, 6.07) is 0. The molecule has 0 N–H and O–H groups in total. The first-order valence-electron chi connectivity index (χ1n) is 4.39. The van der Waals surface area contributed by atoms with Crippen LogP contribution in [0.5, 0.6) is 0 Å². The van der Waals surface area contributed by atoms with Gasteiger partial charge in [0.1, 0.15) is 0 Å². The van der Waals surface area contributed by atoms with Gasteiger partial charge in [-0.3, -0.25) is 4.79 Å². The van der Waals surface area contributed by atoms with E-state index in [1.807, 2.05) is 0 Å². The fraction of sp³-hybridized carbons (Fsp3) is 0.700. The molecule has 0 bridgehead atoms. The van der Waals surface area contributed by atoms with E-state index in [0.29, 0.717) is 5.92 Å². The lowest BCUT2D eigenvalue weighted by molar-refractivity contribution is -0.115. The van der Waals surface area contributed by atoms with E-state index in [-0.39, 0.29) is 5.78 Å². The molecule has 0 heterocycles. The molecule has 0 aromatic carbocycles. The van der Waals surface area contributed by atoms with Crippen LogP contribution in [0.15, 0.2) is 12.7 Å². The van der Waals surface area contributed by atoms with Crippen molar-refractivity contribution in [3.63, 3.8) is 0 Å². The molecule has 0 aliphatic heterocycles. The van der Waals surface area contributed by atoms with E-state index in [9.17, 15) is 4.79 Å². The molecule has 0 radical (unpaired) electrons. The van der Waals surface area contributed by atoms with Crippen LogP contribution in [0.25, 0.3) is 0 Å². The van der Waals surface area contributed by atoms with Gasteiger partial charge in [0.2, 0.25) is 0 Å². The Kier molecular flexibility index (Phi) is 2.86. The van der Waals surface area contributed by atoms with Crippen molar-refractivity contribution < 1.29 is 4.79 Å². The zero-order valence-corrected chi connectivity index (χ0v) is 7.18. The lowest BCUT2D eigenvalue weighted by Crippen LogP contribution is -2.08. The van der Waals surface area contributed by atoms with Gasteiger partial charge in [-0.25, -0.2) is 0 Å². The summed E-state index contributed by atoms with van der Waals surface area (Å²) in [6.07, 6.45) is 6.02. The summed E-state index contributed by atoms with van der Waals surface area (Å²) in [6.45, 7) is 5.72. The van der Waals surface area contributed by atoms with E-state index in [2.05, 4.69) is 13.5 Å². The Hall–Kier alpha value is -0.590. The smallest absolute Gasteiger partial charge is 0.155 e. The maximum atomic E-state index is 11.0. The molecule has 1 aliphatic carbocycles. The number of rotatable bonds is 3. The Morgan fingerprint density at radius 3 is 2.82 bits per heavy atom. The van der Waals surface area contributed by atoms with Crippen molar-refractivity contribution in [1.82, 2.24) is 0 Å². The van der Waals surface area contributed by atoms with E-state index < -0.39 is 0 Å². The summed E-state index contributed by atoms with van der Waals surface area (Å²) in [5, 5.41) is 0. The van der Waals surface area contributed by atoms with E-state index in [1.54, 1.807) is 0 Å². The molecular weight excluding hydrogens is 136 g/mol. The monoisotopic (exact) mass is 152 g/mol. The van der Waals surface area contributed by atoms with Gasteiger partial charge in [0.25, 0.3) is 0 Å². The number of hydrogen-bond acceptors (Lipinski definition) is 1. The van der Waals surface area contributed by atoms with Gasteiger partial charge in [-0.1, -0.05) is 26.3 Å². The highest BCUT2D eigenvalue weighted by molar-refractivity contribution is 5.89. The molecule has 1 saturated carbocycles. The molecule has 0 aromatic heterocycles. The minimum absolute atomic E-state index is 0.212. The topological polar surface area (TPSA) is 17.1 Å². The van der Waals surface area contributed by atoms with Crippen molar-refractivity contribution in [1.29, 1.82) is 0 Å². The molecule has 1 heteroatoms. The predicted molar refractivity (Wildman–Crippen MR) is 46.3 cm³/mol. The average molecular weight is 152 g/mol. The molecule has 0 amide bonds. The Morgan fingerprint density at radius 1 is 1.64 bits per heavy atom. The molecule has 2 atom stereocenters. The zero-order chi connectivity index (χ0) is 8.27. The minimum Gasteiger partial charge on any atom is -0.295 e. The fourth-order valence-electron chi connectivity index (χ4n) is 1.87. The van der Waals surface area contributed by atoms with Crippen LogP contribution in [-0.4, -0.2) is 5.78 Å². The van der Waals surface area contributed by atoms with Crippen LogP contribution >= 0.6 is 0 Å². The Labute approximate surface area is 68.5 Å². The standard InChI is InChI=1S/C10H16O/c1-3-10(11)7-9-6-4-5-8(9)2/h3,8-9H,1,4-7H2,2H3. The van der Waals surface area contributed by atoms with Crippen LogP contribution < -0.4 is 0 Å². The quantitative estimate of drug-likeness (QED) is 0.568. The summed E-state index contributed by atoms with van der Waals surface area (Å²) >= 11 is 0. The van der Waals surface area contributed by atoms with Crippen molar-refractivity contribution in [3.05, 3.63) is 12.7 Å². The van der Waals surface area contributed by atoms with Crippen molar-refractivity contribution >= 4 is 5.78 Å². The van der Waals surface area contributed by atoms with Crippen molar-refractivity contribution in [2.75, 3.05) is 0 Å². The normalized spacial score (nSPS) is 30.3. The largest absolute Gasteiger partial charge is 0.295 e. The average Bonchev–Trinajstić information content (AvgIpc) is 2.37. The molecule has 11 heavy (non-hydrogen) atoms. The van der Waals surface area contributed by atoms with Crippen molar-refractivity contribution in [2.45, 2.75) is 32.6 Å². The maximum Gasteiger partial charge on any atom is 0.155 e. The number of allylic oxidation sites excluding steroid dienone is 1. The number of hydrogen-bond donors (Lipinski definition) is 0. The maximum absolute atomic E-state index is 11.0. The molecule has 62 valence electrons. The second-order valence-electron chi connectivity index (χ2n) is 3.54. The van der Waals surface area contributed by atoms with Gasteiger partial charge >= 0.3 is 0 Å². The van der Waals surface area contributed by atoms with Gasteiger partial charge in [0.05, 0.1) is 0 Å². The third-order valence-corrected chi connectivity index (χ3v) is 2.73. The zero-order valence-electron chi connectivity index (χ0n) is 7.18. The van der Waals surface area contributed by atoms with Gasteiger partial charge < -0.3 is 0 Å². The molecule has 0 spiro atoms. The van der Waals surface area contributed by atoms with Crippen LogP contribution in [0.4, 0.5) is 0 Å². The third kappa shape index (κ3) is 2.18. The highest BCUT2D eigenvalue weighted by Gasteiger charge is 2.24. The van der Waals surface area contributed by atoms with Gasteiger partial charge in [0, 0.05) is 6.42 Å². The summed E-state index contributed by atoms with van der Waals surface area (Å²) in [5.74, 6) is 1.60. The first-order valence-corrected chi connectivity index (χ1v) is 4.39. The fourth-order valence-corrected chi connectivity index (χ4v) is 1.87. The summed E-state index contributed by atoms with van der Waals surface area (Å²) in [5.41, 5.74) is 0. The van der Waals surface area contributed by atoms with Crippen LogP contribution in [0.2, 0.25) is 0 Å². The van der Waals surface area contributed by atoms with E-state index >= 15 is 0 Å². The predicted octanol–water partition coefficient (Wildman–Crippen LogP) is 2.57. The lowest BCUT2D eigenvalue weighted by Gasteiger charge is -2.12. The molecule has 1 aliphatic rings. The SMILES string of the molecule is C=CC(=O)CC1CCCC1C. The van der Waals surface area contributed by atoms with E-state index in [4.69, 9.17) is 0 Å². The number of ketones is 1. The Balaban J connectivity index is 2.36. The second-order valence-corrected chi connectivity index (χ2v) is 3.54. The molecule has 1 rings (SSSR count). The van der Waals surface area contributed by atoms with Gasteiger partial charge in [-0.15, -0.1) is 0 Å². The highest BCUT2D eigenvalue weighted by atomic mass is 16.1. The van der Waals surface area contributed by atoms with Crippen molar-refractivity contribution in [3.8, 4) is 0 Å². The third-order valence-electron chi connectivity index (χ3n) is 2.73. The summed E-state index contributed by atoms with van der Waals surface area (Å²) < 4.78 is 0. The molecule has 0 saturated heterocycles.